The van der Waals surface area contributed by atoms with Gasteiger partial charge in [0, 0.05) is 0 Å². The maximum absolute atomic E-state index is 12.0. The Morgan fingerprint density at radius 1 is 1.50 bits per heavy atom. The molecular formula is C10H22FN2O+. The van der Waals surface area contributed by atoms with E-state index in [2.05, 4.69) is 6.58 Å². The summed E-state index contributed by atoms with van der Waals surface area (Å²) in [5.41, 5.74) is 1.71. The molecule has 84 valence electrons. The highest BCUT2D eigenvalue weighted by Crippen LogP contribution is 2.06. The van der Waals surface area contributed by atoms with Gasteiger partial charge in [0.15, 0.2) is 0 Å². The third-order valence-electron chi connectivity index (χ3n) is 2.38. The Kier molecular flexibility index (Phi) is 6.70. The third kappa shape index (κ3) is 6.07. The van der Waals surface area contributed by atoms with Crippen LogP contribution in [-0.4, -0.2) is 38.4 Å². The van der Waals surface area contributed by atoms with Crippen LogP contribution in [0.3, 0.4) is 0 Å². The van der Waals surface area contributed by atoms with Crippen LogP contribution < -0.4 is 5.54 Å². The SMILES string of the molecule is C=C[C@H](CCCC[N+](C)(C)OC)NF. The molecule has 0 radical (unpaired) electrons. The lowest BCUT2D eigenvalue weighted by Gasteiger charge is -2.24. The van der Waals surface area contributed by atoms with Crippen LogP contribution in [0.15, 0.2) is 12.7 Å². The summed E-state index contributed by atoms with van der Waals surface area (Å²) in [7, 11) is 5.69. The molecule has 0 aliphatic rings. The van der Waals surface area contributed by atoms with Crippen LogP contribution in [0.4, 0.5) is 4.48 Å². The van der Waals surface area contributed by atoms with Gasteiger partial charge in [0.2, 0.25) is 0 Å². The van der Waals surface area contributed by atoms with E-state index in [4.69, 9.17) is 4.84 Å². The van der Waals surface area contributed by atoms with Crippen molar-refractivity contribution in [1.29, 1.82) is 0 Å². The van der Waals surface area contributed by atoms with Crippen LogP contribution >= 0.6 is 0 Å². The first kappa shape index (κ1) is 13.5. The lowest BCUT2D eigenvalue weighted by Crippen LogP contribution is -2.39. The molecule has 0 bridgehead atoms. The lowest BCUT2D eigenvalue weighted by atomic mass is 10.1. The Morgan fingerprint density at radius 3 is 2.57 bits per heavy atom. The molecule has 4 heteroatoms. The minimum absolute atomic E-state index is 0.215. The fourth-order valence-electron chi connectivity index (χ4n) is 1.17. The molecule has 0 aromatic carbocycles. The standard InChI is InChI=1S/C10H22FN2O/c1-5-10(12-11)8-6-7-9-13(2,3)14-4/h5,10,12H,1,6-9H2,2-4H3/q+1/t10-/m1/s1. The molecule has 14 heavy (non-hydrogen) atoms. The molecule has 0 aromatic rings. The average molecular weight is 205 g/mol. The van der Waals surface area contributed by atoms with Crippen molar-refractivity contribution in [3.63, 3.8) is 0 Å². The number of halogens is 1. The normalized spacial score (nSPS) is 14.0. The van der Waals surface area contributed by atoms with E-state index in [-0.39, 0.29) is 6.04 Å². The van der Waals surface area contributed by atoms with E-state index in [1.165, 1.54) is 0 Å². The van der Waals surface area contributed by atoms with E-state index in [0.29, 0.717) is 4.65 Å². The Labute approximate surface area is 86.0 Å². The number of rotatable bonds is 8. The number of unbranched alkanes of at least 4 members (excludes halogenated alkanes) is 1. The fourth-order valence-corrected chi connectivity index (χ4v) is 1.17. The van der Waals surface area contributed by atoms with Crippen LogP contribution in [-0.2, 0) is 4.84 Å². The van der Waals surface area contributed by atoms with E-state index in [1.807, 2.05) is 14.1 Å². The summed E-state index contributed by atoms with van der Waals surface area (Å²) >= 11 is 0. The zero-order valence-corrected chi connectivity index (χ0v) is 9.42. The monoisotopic (exact) mass is 205 g/mol. The van der Waals surface area contributed by atoms with Gasteiger partial charge in [-0.2, -0.15) is 10.2 Å². The highest BCUT2D eigenvalue weighted by atomic mass is 19.2. The van der Waals surface area contributed by atoms with Crippen molar-refractivity contribution < 1.29 is 14.0 Å². The predicted molar refractivity (Wildman–Crippen MR) is 56.1 cm³/mol. The van der Waals surface area contributed by atoms with Gasteiger partial charge in [-0.1, -0.05) is 6.08 Å². The summed E-state index contributed by atoms with van der Waals surface area (Å²) in [6.07, 6.45) is 4.37. The first-order valence-electron chi connectivity index (χ1n) is 4.93. The van der Waals surface area contributed by atoms with Gasteiger partial charge in [0.25, 0.3) is 0 Å². The van der Waals surface area contributed by atoms with Crippen molar-refractivity contribution in [3.8, 4) is 0 Å². The van der Waals surface area contributed by atoms with Gasteiger partial charge in [-0.3, -0.25) is 0 Å². The quantitative estimate of drug-likeness (QED) is 0.214. The van der Waals surface area contributed by atoms with Crippen molar-refractivity contribution in [2.75, 3.05) is 27.7 Å². The first-order chi connectivity index (χ1) is 6.55. The van der Waals surface area contributed by atoms with Crippen LogP contribution in [0.5, 0.6) is 0 Å². The van der Waals surface area contributed by atoms with Crippen molar-refractivity contribution in [2.24, 2.45) is 0 Å². The van der Waals surface area contributed by atoms with Gasteiger partial charge < -0.3 is 0 Å². The summed E-state index contributed by atoms with van der Waals surface area (Å²) in [4.78, 5) is 5.23. The van der Waals surface area contributed by atoms with Crippen LogP contribution in [0.1, 0.15) is 19.3 Å². The maximum atomic E-state index is 12.0. The summed E-state index contributed by atoms with van der Waals surface area (Å²) in [5.74, 6) is 0. The topological polar surface area (TPSA) is 21.3 Å². The van der Waals surface area contributed by atoms with Gasteiger partial charge in [0.1, 0.15) is 6.54 Å². The summed E-state index contributed by atoms with van der Waals surface area (Å²) in [5, 5.41) is 0. The van der Waals surface area contributed by atoms with Gasteiger partial charge in [-0.05, 0) is 19.3 Å². The fraction of sp³-hybridized carbons (Fsp3) is 0.800. The van der Waals surface area contributed by atoms with Crippen LogP contribution in [0.25, 0.3) is 0 Å². The highest BCUT2D eigenvalue weighted by molar-refractivity contribution is 4.82. The maximum Gasteiger partial charge on any atom is 0.108 e. The van der Waals surface area contributed by atoms with Gasteiger partial charge in [-0.15, -0.1) is 11.1 Å². The van der Waals surface area contributed by atoms with E-state index < -0.39 is 0 Å². The van der Waals surface area contributed by atoms with Crippen molar-refractivity contribution in [3.05, 3.63) is 12.7 Å². The average Bonchev–Trinajstić information content (AvgIpc) is 2.18. The third-order valence-corrected chi connectivity index (χ3v) is 2.38. The smallest absolute Gasteiger partial charge is 0.108 e. The molecule has 0 rings (SSSR count). The van der Waals surface area contributed by atoms with Crippen molar-refractivity contribution in [1.82, 2.24) is 5.54 Å². The molecule has 0 saturated heterocycles. The first-order valence-corrected chi connectivity index (χ1v) is 4.93. The van der Waals surface area contributed by atoms with E-state index in [1.54, 1.807) is 18.7 Å². The molecule has 1 N–H and O–H groups in total. The molecule has 0 saturated carbocycles. The molecule has 0 aromatic heterocycles. The number of nitrogens with one attached hydrogen (secondary N) is 1. The number of hydrogen-bond donors (Lipinski definition) is 1. The van der Waals surface area contributed by atoms with E-state index in [9.17, 15) is 4.48 Å². The second-order valence-electron chi connectivity index (χ2n) is 3.93. The molecular weight excluding hydrogens is 183 g/mol. The molecule has 1 atom stereocenters. The van der Waals surface area contributed by atoms with Gasteiger partial charge in [-0.25, -0.2) is 4.84 Å². The predicted octanol–water partition coefficient (Wildman–Crippen LogP) is 1.82. The second-order valence-corrected chi connectivity index (χ2v) is 3.93. The van der Waals surface area contributed by atoms with Crippen molar-refractivity contribution >= 4 is 0 Å². The minimum Gasteiger partial charge on any atom is -0.207 e. The molecule has 0 unspecified atom stereocenters. The van der Waals surface area contributed by atoms with E-state index >= 15 is 0 Å². The molecule has 3 nitrogen and oxygen atoms in total. The Balaban J connectivity index is 3.50. The molecule has 0 fully saturated rings. The van der Waals surface area contributed by atoms with Gasteiger partial charge in [0.05, 0.1) is 27.2 Å². The van der Waals surface area contributed by atoms with Crippen LogP contribution in [0, 0.1) is 0 Å². The van der Waals surface area contributed by atoms with Gasteiger partial charge >= 0.3 is 0 Å². The largest absolute Gasteiger partial charge is 0.207 e. The number of hydrogen-bond acceptors (Lipinski definition) is 2. The molecule has 0 amide bonds. The molecule has 0 aliphatic heterocycles. The zero-order valence-electron chi connectivity index (χ0n) is 9.42. The Morgan fingerprint density at radius 2 is 2.14 bits per heavy atom. The zero-order chi connectivity index (χ0) is 11.0. The summed E-state index contributed by atoms with van der Waals surface area (Å²) in [6.45, 7) is 4.48. The van der Waals surface area contributed by atoms with E-state index in [0.717, 1.165) is 25.8 Å². The Hall–Kier alpha value is -0.450. The minimum atomic E-state index is -0.215. The highest BCUT2D eigenvalue weighted by Gasteiger charge is 2.13. The number of hydroxylamine groups is 3. The number of quaternary nitrogens is 1. The summed E-state index contributed by atoms with van der Waals surface area (Å²) in [6, 6.07) is -0.215. The molecule has 0 aliphatic carbocycles. The van der Waals surface area contributed by atoms with Crippen molar-refractivity contribution in [2.45, 2.75) is 25.3 Å². The number of nitrogens with zero attached hydrogens (tertiary/aromatic N) is 1. The summed E-state index contributed by atoms with van der Waals surface area (Å²) < 4.78 is 12.6. The lowest BCUT2D eigenvalue weighted by molar-refractivity contribution is -1.07. The molecule has 0 heterocycles. The van der Waals surface area contributed by atoms with Crippen LogP contribution in [0.2, 0.25) is 0 Å². The second kappa shape index (κ2) is 6.92. The molecule has 0 spiro atoms. The Bertz CT molecular complexity index is 162.